The molecule has 0 aromatic heterocycles. The first kappa shape index (κ1) is 16.7. The molecule has 1 atom stereocenters. The summed E-state index contributed by atoms with van der Waals surface area (Å²) in [4.78, 5) is 0. The van der Waals surface area contributed by atoms with Crippen LogP contribution in [0.5, 0.6) is 0 Å². The molecule has 0 fully saturated rings. The number of benzene rings is 1. The van der Waals surface area contributed by atoms with Gasteiger partial charge in [0.2, 0.25) is 0 Å². The molecule has 0 unspecified atom stereocenters. The van der Waals surface area contributed by atoms with Crippen LogP contribution in [0.1, 0.15) is 38.8 Å². The highest BCUT2D eigenvalue weighted by Crippen LogP contribution is 2.36. The average Bonchev–Trinajstić information content (AvgIpc) is 2.27. The van der Waals surface area contributed by atoms with Crippen LogP contribution in [0.4, 0.5) is 0 Å². The predicted molar refractivity (Wildman–Crippen MR) is 86.1 cm³/mol. The van der Waals surface area contributed by atoms with E-state index >= 15 is 0 Å². The standard InChI is InChI=1S/C15H26ClNOSi/c1-15(2,3)19(4,5)18-10-9-14(17)12-7-6-8-13(16)11-12/h6-8,11,14H,9-10,17H2,1-5H3/t14-/m0/s1. The summed E-state index contributed by atoms with van der Waals surface area (Å²) in [6.07, 6.45) is 0.826. The fourth-order valence-corrected chi connectivity index (χ4v) is 2.82. The first-order valence-corrected chi connectivity index (χ1v) is 10.1. The highest BCUT2D eigenvalue weighted by molar-refractivity contribution is 6.74. The van der Waals surface area contributed by atoms with Crippen LogP contribution >= 0.6 is 11.6 Å². The monoisotopic (exact) mass is 299 g/mol. The Labute approximate surface area is 123 Å². The van der Waals surface area contributed by atoms with Crippen LogP contribution in [0.3, 0.4) is 0 Å². The molecule has 1 rings (SSSR count). The van der Waals surface area contributed by atoms with Crippen molar-refractivity contribution >= 4 is 19.9 Å². The lowest BCUT2D eigenvalue weighted by molar-refractivity contribution is 0.272. The van der Waals surface area contributed by atoms with Crippen LogP contribution in [-0.2, 0) is 4.43 Å². The van der Waals surface area contributed by atoms with E-state index in [2.05, 4.69) is 33.9 Å². The topological polar surface area (TPSA) is 35.2 Å². The largest absolute Gasteiger partial charge is 0.417 e. The van der Waals surface area contributed by atoms with Crippen molar-refractivity contribution in [1.82, 2.24) is 0 Å². The van der Waals surface area contributed by atoms with Crippen LogP contribution in [0.2, 0.25) is 23.2 Å². The van der Waals surface area contributed by atoms with Gasteiger partial charge >= 0.3 is 0 Å². The van der Waals surface area contributed by atoms with Crippen molar-refractivity contribution in [2.24, 2.45) is 5.73 Å². The molecule has 2 N–H and O–H groups in total. The molecule has 0 saturated carbocycles. The summed E-state index contributed by atoms with van der Waals surface area (Å²) in [7, 11) is -1.67. The van der Waals surface area contributed by atoms with Crippen molar-refractivity contribution in [3.05, 3.63) is 34.9 Å². The maximum absolute atomic E-state index is 6.18. The van der Waals surface area contributed by atoms with Crippen molar-refractivity contribution < 1.29 is 4.43 Å². The zero-order valence-corrected chi connectivity index (χ0v) is 14.4. The van der Waals surface area contributed by atoms with E-state index < -0.39 is 8.32 Å². The third-order valence-corrected chi connectivity index (χ3v) is 8.75. The Balaban J connectivity index is 2.50. The summed E-state index contributed by atoms with van der Waals surface area (Å²) in [5, 5.41) is 0.978. The van der Waals surface area contributed by atoms with Gasteiger partial charge in [-0.3, -0.25) is 0 Å². The van der Waals surface area contributed by atoms with E-state index in [0.29, 0.717) is 6.61 Å². The van der Waals surface area contributed by atoms with Crippen LogP contribution < -0.4 is 5.73 Å². The quantitative estimate of drug-likeness (QED) is 0.796. The molecule has 4 heteroatoms. The fraction of sp³-hybridized carbons (Fsp3) is 0.600. The van der Waals surface area contributed by atoms with Gasteiger partial charge in [0.15, 0.2) is 8.32 Å². The highest BCUT2D eigenvalue weighted by atomic mass is 35.5. The van der Waals surface area contributed by atoms with Crippen LogP contribution in [-0.4, -0.2) is 14.9 Å². The minimum Gasteiger partial charge on any atom is -0.417 e. The second kappa shape index (κ2) is 6.40. The molecule has 0 aliphatic carbocycles. The third-order valence-electron chi connectivity index (χ3n) is 3.97. The van der Waals surface area contributed by atoms with Gasteiger partial charge in [-0.05, 0) is 42.2 Å². The summed E-state index contributed by atoms with van der Waals surface area (Å²) in [6, 6.07) is 7.74. The molecule has 0 saturated heterocycles. The molecule has 0 amide bonds. The summed E-state index contributed by atoms with van der Waals surface area (Å²) >= 11 is 5.98. The number of hydrogen-bond donors (Lipinski definition) is 1. The molecule has 0 aliphatic heterocycles. The van der Waals surface area contributed by atoms with Crippen LogP contribution in [0, 0.1) is 0 Å². The van der Waals surface area contributed by atoms with Crippen LogP contribution in [0.25, 0.3) is 0 Å². The van der Waals surface area contributed by atoms with E-state index in [-0.39, 0.29) is 11.1 Å². The Morgan fingerprint density at radius 2 is 1.95 bits per heavy atom. The maximum Gasteiger partial charge on any atom is 0.191 e. The van der Waals surface area contributed by atoms with Gasteiger partial charge in [0, 0.05) is 17.7 Å². The lowest BCUT2D eigenvalue weighted by atomic mass is 10.1. The van der Waals surface area contributed by atoms with Crippen molar-refractivity contribution in [2.45, 2.75) is 51.4 Å². The van der Waals surface area contributed by atoms with E-state index in [1.165, 1.54) is 0 Å². The van der Waals surface area contributed by atoms with Crippen LogP contribution in [0.15, 0.2) is 24.3 Å². The minimum absolute atomic E-state index is 0.0107. The molecular formula is C15H26ClNOSi. The van der Waals surface area contributed by atoms with Crippen molar-refractivity contribution in [3.8, 4) is 0 Å². The SMILES string of the molecule is CC(C)(C)[Si](C)(C)OCC[C@H](N)c1cccc(Cl)c1. The van der Waals surface area contributed by atoms with E-state index in [1.807, 2.05) is 24.3 Å². The molecule has 1 aromatic rings. The molecule has 0 radical (unpaired) electrons. The van der Waals surface area contributed by atoms with E-state index in [0.717, 1.165) is 17.0 Å². The zero-order valence-electron chi connectivity index (χ0n) is 12.7. The van der Waals surface area contributed by atoms with Gasteiger partial charge in [-0.2, -0.15) is 0 Å². The van der Waals surface area contributed by atoms with Gasteiger partial charge in [0.05, 0.1) is 0 Å². The summed E-state index contributed by atoms with van der Waals surface area (Å²) in [6.45, 7) is 12.0. The maximum atomic E-state index is 6.18. The third kappa shape index (κ3) is 4.92. The molecular weight excluding hydrogens is 274 g/mol. The predicted octanol–water partition coefficient (Wildman–Crippen LogP) is 4.75. The van der Waals surface area contributed by atoms with Gasteiger partial charge in [-0.1, -0.05) is 44.5 Å². The first-order chi connectivity index (χ1) is 8.63. The van der Waals surface area contributed by atoms with E-state index in [4.69, 9.17) is 21.8 Å². The fourth-order valence-electron chi connectivity index (χ4n) is 1.56. The Hall–Kier alpha value is -0.353. The number of nitrogens with two attached hydrogens (primary N) is 1. The Morgan fingerprint density at radius 1 is 1.32 bits per heavy atom. The number of halogens is 1. The van der Waals surface area contributed by atoms with Crippen molar-refractivity contribution in [1.29, 1.82) is 0 Å². The first-order valence-electron chi connectivity index (χ1n) is 6.78. The molecule has 0 spiro atoms. The zero-order chi connectivity index (χ0) is 14.7. The molecule has 0 bridgehead atoms. The van der Waals surface area contributed by atoms with Crippen molar-refractivity contribution in [2.75, 3.05) is 6.61 Å². The van der Waals surface area contributed by atoms with E-state index in [9.17, 15) is 0 Å². The second-order valence-corrected chi connectivity index (χ2v) is 11.8. The summed E-state index contributed by atoms with van der Waals surface area (Å²) in [5.41, 5.74) is 7.25. The summed E-state index contributed by atoms with van der Waals surface area (Å²) < 4.78 is 6.14. The Kier molecular flexibility index (Phi) is 5.62. The molecule has 19 heavy (non-hydrogen) atoms. The molecule has 1 aromatic carbocycles. The smallest absolute Gasteiger partial charge is 0.191 e. The van der Waals surface area contributed by atoms with Crippen molar-refractivity contribution in [3.63, 3.8) is 0 Å². The Morgan fingerprint density at radius 3 is 2.47 bits per heavy atom. The lowest BCUT2D eigenvalue weighted by Crippen LogP contribution is -2.41. The lowest BCUT2D eigenvalue weighted by Gasteiger charge is -2.36. The highest BCUT2D eigenvalue weighted by Gasteiger charge is 2.36. The molecule has 108 valence electrons. The molecule has 0 heterocycles. The van der Waals surface area contributed by atoms with Gasteiger partial charge in [0.1, 0.15) is 0 Å². The van der Waals surface area contributed by atoms with Gasteiger partial charge in [0.25, 0.3) is 0 Å². The van der Waals surface area contributed by atoms with Gasteiger partial charge in [-0.25, -0.2) is 0 Å². The number of hydrogen-bond acceptors (Lipinski definition) is 2. The molecule has 2 nitrogen and oxygen atoms in total. The van der Waals surface area contributed by atoms with E-state index in [1.54, 1.807) is 0 Å². The average molecular weight is 300 g/mol. The second-order valence-electron chi connectivity index (χ2n) is 6.56. The summed E-state index contributed by atoms with van der Waals surface area (Å²) in [5.74, 6) is 0. The molecule has 0 aliphatic rings. The van der Waals surface area contributed by atoms with Gasteiger partial charge in [-0.15, -0.1) is 0 Å². The van der Waals surface area contributed by atoms with Gasteiger partial charge < -0.3 is 10.2 Å². The normalized spacial score (nSPS) is 14.5. The Bertz CT molecular complexity index is 415. The number of rotatable bonds is 5. The minimum atomic E-state index is -1.67.